The summed E-state index contributed by atoms with van der Waals surface area (Å²) in [6.45, 7) is 4.58. The average molecular weight is 294 g/mol. The monoisotopic (exact) mass is 294 g/mol. The summed E-state index contributed by atoms with van der Waals surface area (Å²) in [7, 11) is 0. The molecular formula is C20H22S. The Balaban J connectivity index is 1.77. The smallest absolute Gasteiger partial charge is 0.0358 e. The molecule has 0 saturated heterocycles. The third-order valence-electron chi connectivity index (χ3n) is 5.14. The summed E-state index contributed by atoms with van der Waals surface area (Å²) >= 11 is 1.95. The molecule has 0 nitrogen and oxygen atoms in total. The highest BCUT2D eigenvalue weighted by molar-refractivity contribution is 7.25. The van der Waals surface area contributed by atoms with Crippen LogP contribution in [0.4, 0.5) is 0 Å². The van der Waals surface area contributed by atoms with Crippen LogP contribution in [0.5, 0.6) is 0 Å². The second kappa shape index (κ2) is 5.14. The molecule has 3 aromatic rings. The van der Waals surface area contributed by atoms with E-state index >= 15 is 0 Å². The molecule has 21 heavy (non-hydrogen) atoms. The molecule has 4 rings (SSSR count). The third kappa shape index (κ3) is 2.38. The molecule has 0 aliphatic heterocycles. The molecule has 0 amide bonds. The summed E-state index contributed by atoms with van der Waals surface area (Å²) in [5.74, 6) is 1.72. The lowest BCUT2D eigenvalue weighted by Gasteiger charge is -2.26. The Morgan fingerprint density at radius 3 is 2.29 bits per heavy atom. The van der Waals surface area contributed by atoms with Crippen LogP contribution in [0.25, 0.3) is 20.2 Å². The number of benzene rings is 2. The van der Waals surface area contributed by atoms with Crippen molar-refractivity contribution in [3.05, 3.63) is 47.5 Å². The van der Waals surface area contributed by atoms with Crippen LogP contribution in [-0.2, 0) is 0 Å². The van der Waals surface area contributed by atoms with E-state index in [0.717, 1.165) is 11.8 Å². The predicted molar refractivity (Wildman–Crippen MR) is 94.4 cm³/mol. The fourth-order valence-electron chi connectivity index (χ4n) is 3.75. The van der Waals surface area contributed by atoms with Crippen molar-refractivity contribution < 1.29 is 0 Å². The van der Waals surface area contributed by atoms with Crippen molar-refractivity contribution >= 4 is 31.5 Å². The van der Waals surface area contributed by atoms with Crippen LogP contribution in [0.1, 0.15) is 49.7 Å². The number of rotatable bonds is 1. The first kappa shape index (κ1) is 13.3. The van der Waals surface area contributed by atoms with E-state index in [-0.39, 0.29) is 0 Å². The molecule has 0 radical (unpaired) electrons. The molecule has 1 saturated carbocycles. The first-order valence-corrected chi connectivity index (χ1v) is 8.95. The van der Waals surface area contributed by atoms with E-state index in [4.69, 9.17) is 0 Å². The standard InChI is InChI=1S/C20H22S/c1-13-3-6-15(7-4-13)16-8-10-18-17-9-5-14(2)11-19(17)21-20(18)12-16/h5,8-13,15H,3-4,6-7H2,1-2H3. The summed E-state index contributed by atoms with van der Waals surface area (Å²) in [4.78, 5) is 0. The number of hydrogen-bond acceptors (Lipinski definition) is 1. The van der Waals surface area contributed by atoms with Crippen molar-refractivity contribution in [3.8, 4) is 0 Å². The van der Waals surface area contributed by atoms with Crippen LogP contribution in [-0.4, -0.2) is 0 Å². The highest BCUT2D eigenvalue weighted by Gasteiger charge is 2.20. The van der Waals surface area contributed by atoms with Gasteiger partial charge in [-0.15, -0.1) is 11.3 Å². The van der Waals surface area contributed by atoms with Crippen molar-refractivity contribution in [1.29, 1.82) is 0 Å². The van der Waals surface area contributed by atoms with E-state index in [1.165, 1.54) is 51.4 Å². The summed E-state index contributed by atoms with van der Waals surface area (Å²) in [5.41, 5.74) is 2.92. The fraction of sp³-hybridized carbons (Fsp3) is 0.400. The Morgan fingerprint density at radius 2 is 1.52 bits per heavy atom. The minimum absolute atomic E-state index is 0.789. The summed E-state index contributed by atoms with van der Waals surface area (Å²) in [6, 6.07) is 14.0. The normalized spacial score (nSPS) is 23.0. The zero-order valence-electron chi connectivity index (χ0n) is 12.9. The van der Waals surface area contributed by atoms with Gasteiger partial charge in [-0.3, -0.25) is 0 Å². The largest absolute Gasteiger partial charge is 0.135 e. The minimum Gasteiger partial charge on any atom is -0.135 e. The molecule has 0 spiro atoms. The van der Waals surface area contributed by atoms with Crippen molar-refractivity contribution in [3.63, 3.8) is 0 Å². The maximum absolute atomic E-state index is 2.47. The first-order valence-electron chi connectivity index (χ1n) is 8.13. The fourth-order valence-corrected chi connectivity index (χ4v) is 5.00. The van der Waals surface area contributed by atoms with Crippen LogP contribution in [0.2, 0.25) is 0 Å². The Morgan fingerprint density at radius 1 is 0.857 bits per heavy atom. The molecule has 1 aliphatic carbocycles. The van der Waals surface area contributed by atoms with Gasteiger partial charge in [-0.05, 0) is 54.9 Å². The lowest BCUT2D eigenvalue weighted by Crippen LogP contribution is -2.10. The molecule has 1 fully saturated rings. The summed E-state index contributed by atoms with van der Waals surface area (Å²) in [6.07, 6.45) is 5.54. The molecule has 0 bridgehead atoms. The van der Waals surface area contributed by atoms with Crippen molar-refractivity contribution in [2.45, 2.75) is 45.4 Å². The van der Waals surface area contributed by atoms with Gasteiger partial charge in [0.15, 0.2) is 0 Å². The van der Waals surface area contributed by atoms with Crippen molar-refractivity contribution in [2.75, 3.05) is 0 Å². The van der Waals surface area contributed by atoms with Gasteiger partial charge in [0, 0.05) is 20.2 Å². The lowest BCUT2D eigenvalue weighted by molar-refractivity contribution is 0.348. The van der Waals surface area contributed by atoms with E-state index in [2.05, 4.69) is 50.2 Å². The maximum atomic E-state index is 2.47. The topological polar surface area (TPSA) is 0 Å². The molecule has 0 unspecified atom stereocenters. The third-order valence-corrected chi connectivity index (χ3v) is 6.26. The number of aryl methyl sites for hydroxylation is 1. The predicted octanol–water partition coefficient (Wildman–Crippen LogP) is 6.66. The second-order valence-corrected chi connectivity index (χ2v) is 7.90. The van der Waals surface area contributed by atoms with Gasteiger partial charge in [-0.25, -0.2) is 0 Å². The van der Waals surface area contributed by atoms with Gasteiger partial charge in [0.1, 0.15) is 0 Å². The molecule has 0 N–H and O–H groups in total. The van der Waals surface area contributed by atoms with Crippen LogP contribution in [0, 0.1) is 12.8 Å². The molecule has 1 heterocycles. The van der Waals surface area contributed by atoms with Gasteiger partial charge >= 0.3 is 0 Å². The lowest BCUT2D eigenvalue weighted by atomic mass is 9.79. The Labute approximate surface area is 130 Å². The quantitative estimate of drug-likeness (QED) is 0.471. The van der Waals surface area contributed by atoms with Crippen molar-refractivity contribution in [1.82, 2.24) is 0 Å². The van der Waals surface area contributed by atoms with E-state index in [0.29, 0.717) is 0 Å². The Kier molecular flexibility index (Phi) is 3.26. The minimum atomic E-state index is 0.789. The summed E-state index contributed by atoms with van der Waals surface area (Å²) in [5, 5.41) is 2.85. The maximum Gasteiger partial charge on any atom is 0.0358 e. The number of fused-ring (bicyclic) bond motifs is 3. The van der Waals surface area contributed by atoms with Crippen LogP contribution in [0.15, 0.2) is 36.4 Å². The zero-order valence-corrected chi connectivity index (χ0v) is 13.7. The van der Waals surface area contributed by atoms with Gasteiger partial charge in [-0.2, -0.15) is 0 Å². The molecule has 2 aromatic carbocycles. The van der Waals surface area contributed by atoms with Gasteiger partial charge in [0.05, 0.1) is 0 Å². The molecule has 0 atom stereocenters. The second-order valence-electron chi connectivity index (χ2n) is 6.81. The number of thiophene rings is 1. The van der Waals surface area contributed by atoms with Crippen LogP contribution >= 0.6 is 11.3 Å². The molecule has 1 aromatic heterocycles. The van der Waals surface area contributed by atoms with Crippen LogP contribution in [0.3, 0.4) is 0 Å². The molecule has 108 valence electrons. The molecular weight excluding hydrogens is 272 g/mol. The van der Waals surface area contributed by atoms with E-state index in [9.17, 15) is 0 Å². The first-order chi connectivity index (χ1) is 10.2. The molecule has 1 heteroatoms. The van der Waals surface area contributed by atoms with Crippen LogP contribution < -0.4 is 0 Å². The van der Waals surface area contributed by atoms with Gasteiger partial charge in [0.2, 0.25) is 0 Å². The SMILES string of the molecule is Cc1ccc2c(c1)sc1cc(C3CCC(C)CC3)ccc12. The van der Waals surface area contributed by atoms with Gasteiger partial charge in [-0.1, -0.05) is 44.0 Å². The highest BCUT2D eigenvalue weighted by atomic mass is 32.1. The van der Waals surface area contributed by atoms with E-state index in [1.807, 2.05) is 11.3 Å². The van der Waals surface area contributed by atoms with Crippen molar-refractivity contribution in [2.24, 2.45) is 5.92 Å². The summed E-state index contributed by atoms with van der Waals surface area (Å²) < 4.78 is 2.89. The average Bonchev–Trinajstić information content (AvgIpc) is 2.84. The Hall–Kier alpha value is -1.34. The highest BCUT2D eigenvalue weighted by Crippen LogP contribution is 2.40. The van der Waals surface area contributed by atoms with E-state index in [1.54, 1.807) is 5.56 Å². The van der Waals surface area contributed by atoms with E-state index < -0.39 is 0 Å². The molecule has 1 aliphatic rings. The Bertz CT molecular complexity index is 788. The van der Waals surface area contributed by atoms with Gasteiger partial charge < -0.3 is 0 Å². The zero-order chi connectivity index (χ0) is 14.4. The van der Waals surface area contributed by atoms with Gasteiger partial charge in [0.25, 0.3) is 0 Å². The number of hydrogen-bond donors (Lipinski definition) is 0.